The van der Waals surface area contributed by atoms with E-state index in [1.807, 2.05) is 25.1 Å². The zero-order valence-electron chi connectivity index (χ0n) is 16.6. The van der Waals surface area contributed by atoms with Gasteiger partial charge in [-0.05, 0) is 31.4 Å². The summed E-state index contributed by atoms with van der Waals surface area (Å²) in [5.74, 6) is 0.725. The van der Waals surface area contributed by atoms with Gasteiger partial charge in [0.2, 0.25) is 11.8 Å². The number of ether oxygens (including phenoxy) is 2. The standard InChI is InChI=1S/C21H30N2O4/c1-5-15-8-6-7-9-18(23-21(25)14(2)12-20(24)22-15)17-11-10-16(26-3)13-19(17)27-4/h6-7,10-11,13-15,18H,5,8-9,12H2,1-4H3,(H,22,24)(H,23,25)/b7-6-/t14-,15+,18+/m1/s1. The zero-order chi connectivity index (χ0) is 19.8. The second kappa shape index (κ2) is 10.00. The van der Waals surface area contributed by atoms with Crippen molar-refractivity contribution in [1.82, 2.24) is 10.6 Å². The molecule has 2 amide bonds. The van der Waals surface area contributed by atoms with Crippen LogP contribution in [0, 0.1) is 5.92 Å². The fourth-order valence-corrected chi connectivity index (χ4v) is 3.16. The molecule has 1 aromatic carbocycles. The van der Waals surface area contributed by atoms with Crippen molar-refractivity contribution in [2.75, 3.05) is 14.2 Å². The summed E-state index contributed by atoms with van der Waals surface area (Å²) in [4.78, 5) is 24.9. The average Bonchev–Trinajstić information content (AvgIpc) is 2.67. The van der Waals surface area contributed by atoms with Crippen LogP contribution in [0.5, 0.6) is 11.5 Å². The number of hydrogen-bond acceptors (Lipinski definition) is 4. The molecule has 0 aliphatic carbocycles. The van der Waals surface area contributed by atoms with Gasteiger partial charge in [0.05, 0.1) is 20.3 Å². The van der Waals surface area contributed by atoms with Gasteiger partial charge < -0.3 is 20.1 Å². The summed E-state index contributed by atoms with van der Waals surface area (Å²) in [6.45, 7) is 3.82. The van der Waals surface area contributed by atoms with Gasteiger partial charge in [0.15, 0.2) is 0 Å². The van der Waals surface area contributed by atoms with Crippen LogP contribution in [0.25, 0.3) is 0 Å². The third kappa shape index (κ3) is 5.74. The molecule has 148 valence electrons. The third-order valence-corrected chi connectivity index (χ3v) is 4.89. The van der Waals surface area contributed by atoms with Crippen molar-refractivity contribution in [3.05, 3.63) is 35.9 Å². The first-order valence-electron chi connectivity index (χ1n) is 9.45. The van der Waals surface area contributed by atoms with E-state index in [0.717, 1.165) is 18.4 Å². The van der Waals surface area contributed by atoms with Crippen molar-refractivity contribution in [2.24, 2.45) is 5.92 Å². The average molecular weight is 374 g/mol. The van der Waals surface area contributed by atoms with Crippen LogP contribution in [0.3, 0.4) is 0 Å². The van der Waals surface area contributed by atoms with Gasteiger partial charge in [-0.1, -0.05) is 26.0 Å². The molecule has 0 saturated heterocycles. The lowest BCUT2D eigenvalue weighted by atomic mass is 9.98. The Bertz CT molecular complexity index is 687. The number of rotatable bonds is 4. The van der Waals surface area contributed by atoms with E-state index in [4.69, 9.17) is 9.47 Å². The number of carbonyl (C=O) groups excluding carboxylic acids is 2. The molecule has 2 N–H and O–H groups in total. The molecule has 0 radical (unpaired) electrons. The van der Waals surface area contributed by atoms with Gasteiger partial charge >= 0.3 is 0 Å². The summed E-state index contributed by atoms with van der Waals surface area (Å²) >= 11 is 0. The van der Waals surface area contributed by atoms with E-state index in [9.17, 15) is 9.59 Å². The third-order valence-electron chi connectivity index (χ3n) is 4.89. The highest BCUT2D eigenvalue weighted by Gasteiger charge is 2.24. The Balaban J connectivity index is 2.31. The lowest BCUT2D eigenvalue weighted by molar-refractivity contribution is -0.130. The Morgan fingerprint density at radius 3 is 2.48 bits per heavy atom. The van der Waals surface area contributed by atoms with Crippen molar-refractivity contribution in [3.8, 4) is 11.5 Å². The zero-order valence-corrected chi connectivity index (χ0v) is 16.6. The molecule has 2 rings (SSSR count). The summed E-state index contributed by atoms with van der Waals surface area (Å²) in [6, 6.07) is 5.44. The molecule has 0 saturated carbocycles. The van der Waals surface area contributed by atoms with E-state index >= 15 is 0 Å². The Labute approximate surface area is 161 Å². The Morgan fingerprint density at radius 1 is 1.07 bits per heavy atom. The monoisotopic (exact) mass is 374 g/mol. The molecule has 1 aliphatic rings. The molecule has 1 heterocycles. The van der Waals surface area contributed by atoms with E-state index in [0.29, 0.717) is 17.9 Å². The van der Waals surface area contributed by atoms with Gasteiger partial charge in [0.25, 0.3) is 0 Å². The van der Waals surface area contributed by atoms with E-state index in [1.165, 1.54) is 0 Å². The second-order valence-corrected chi connectivity index (χ2v) is 6.89. The number of benzene rings is 1. The van der Waals surface area contributed by atoms with Crippen LogP contribution in [-0.2, 0) is 9.59 Å². The summed E-state index contributed by atoms with van der Waals surface area (Å²) in [5, 5.41) is 6.07. The quantitative estimate of drug-likeness (QED) is 0.794. The molecule has 0 fully saturated rings. The Morgan fingerprint density at radius 2 is 1.81 bits per heavy atom. The van der Waals surface area contributed by atoms with Crippen molar-refractivity contribution in [1.29, 1.82) is 0 Å². The van der Waals surface area contributed by atoms with Crippen LogP contribution >= 0.6 is 0 Å². The van der Waals surface area contributed by atoms with Gasteiger partial charge in [0.1, 0.15) is 11.5 Å². The fourth-order valence-electron chi connectivity index (χ4n) is 3.16. The van der Waals surface area contributed by atoms with E-state index in [-0.39, 0.29) is 30.3 Å². The minimum atomic E-state index is -0.405. The van der Waals surface area contributed by atoms with E-state index in [2.05, 4.69) is 22.8 Å². The second-order valence-electron chi connectivity index (χ2n) is 6.89. The first-order valence-corrected chi connectivity index (χ1v) is 9.45. The molecule has 0 unspecified atom stereocenters. The van der Waals surface area contributed by atoms with Crippen molar-refractivity contribution in [2.45, 2.75) is 51.6 Å². The maximum absolute atomic E-state index is 12.7. The minimum absolute atomic E-state index is 0.0861. The highest BCUT2D eigenvalue weighted by atomic mass is 16.5. The van der Waals surface area contributed by atoms with Gasteiger partial charge in [-0.15, -0.1) is 0 Å². The molecular weight excluding hydrogens is 344 g/mol. The van der Waals surface area contributed by atoms with Crippen LogP contribution in [0.15, 0.2) is 30.4 Å². The molecule has 1 aromatic rings. The number of amides is 2. The molecule has 3 atom stereocenters. The first kappa shape index (κ1) is 20.8. The number of nitrogens with one attached hydrogen (secondary N) is 2. The number of methoxy groups -OCH3 is 2. The largest absolute Gasteiger partial charge is 0.497 e. The summed E-state index contributed by atoms with van der Waals surface area (Å²) < 4.78 is 10.8. The first-order chi connectivity index (χ1) is 13.0. The van der Waals surface area contributed by atoms with Gasteiger partial charge in [-0.25, -0.2) is 0 Å². The van der Waals surface area contributed by atoms with Crippen LogP contribution in [0.2, 0.25) is 0 Å². The maximum atomic E-state index is 12.7. The molecule has 6 nitrogen and oxygen atoms in total. The lowest BCUT2D eigenvalue weighted by Crippen LogP contribution is -2.39. The fraction of sp³-hybridized carbons (Fsp3) is 0.524. The lowest BCUT2D eigenvalue weighted by Gasteiger charge is -2.24. The van der Waals surface area contributed by atoms with Crippen LogP contribution < -0.4 is 20.1 Å². The molecule has 0 spiro atoms. The SMILES string of the molecule is CC[C@H]1C/C=C\C[C@@H](c2ccc(OC)cc2OC)NC(=O)[C@H](C)CC(=O)N1. The molecular formula is C21H30N2O4. The van der Waals surface area contributed by atoms with Crippen molar-refractivity contribution in [3.63, 3.8) is 0 Å². The molecule has 0 bridgehead atoms. The van der Waals surface area contributed by atoms with Crippen molar-refractivity contribution < 1.29 is 19.1 Å². The normalized spacial score (nSPS) is 25.4. The predicted octanol–water partition coefficient (Wildman–Crippen LogP) is 3.13. The Kier molecular flexibility index (Phi) is 7.70. The molecule has 0 aromatic heterocycles. The number of hydrogen-bond donors (Lipinski definition) is 2. The minimum Gasteiger partial charge on any atom is -0.497 e. The Hall–Kier alpha value is -2.50. The number of carbonyl (C=O) groups is 2. The topological polar surface area (TPSA) is 76.7 Å². The van der Waals surface area contributed by atoms with Crippen LogP contribution in [0.1, 0.15) is 51.1 Å². The molecule has 1 aliphatic heterocycles. The van der Waals surface area contributed by atoms with Gasteiger partial charge in [0, 0.05) is 30.0 Å². The summed E-state index contributed by atoms with van der Waals surface area (Å²) in [6.07, 6.45) is 6.57. The van der Waals surface area contributed by atoms with Gasteiger partial charge in [-0.3, -0.25) is 9.59 Å². The van der Waals surface area contributed by atoms with Crippen molar-refractivity contribution >= 4 is 11.8 Å². The van der Waals surface area contributed by atoms with Gasteiger partial charge in [-0.2, -0.15) is 0 Å². The highest BCUT2D eigenvalue weighted by Crippen LogP contribution is 2.31. The van der Waals surface area contributed by atoms with E-state index in [1.54, 1.807) is 21.1 Å². The predicted molar refractivity (Wildman–Crippen MR) is 105 cm³/mol. The molecule has 27 heavy (non-hydrogen) atoms. The smallest absolute Gasteiger partial charge is 0.223 e. The van der Waals surface area contributed by atoms with Crippen LogP contribution in [0.4, 0.5) is 0 Å². The maximum Gasteiger partial charge on any atom is 0.223 e. The summed E-state index contributed by atoms with van der Waals surface area (Å²) in [7, 11) is 3.20. The highest BCUT2D eigenvalue weighted by molar-refractivity contribution is 5.86. The van der Waals surface area contributed by atoms with Crippen LogP contribution in [-0.4, -0.2) is 32.1 Å². The molecule has 6 heteroatoms. The van der Waals surface area contributed by atoms with E-state index < -0.39 is 5.92 Å². The summed E-state index contributed by atoms with van der Waals surface area (Å²) in [5.41, 5.74) is 0.886.